The Hall–Kier alpha value is -4.04. The van der Waals surface area contributed by atoms with Gasteiger partial charge in [0.25, 0.3) is 0 Å². The maximum atomic E-state index is 6.39. The van der Waals surface area contributed by atoms with Gasteiger partial charge in [-0.1, -0.05) is 84.9 Å². The summed E-state index contributed by atoms with van der Waals surface area (Å²) in [4.78, 5) is 10.1. The number of thiophene rings is 1. The Labute approximate surface area is 244 Å². The summed E-state index contributed by atoms with van der Waals surface area (Å²) in [6, 6.07) is 33.3. The van der Waals surface area contributed by atoms with Crippen molar-refractivity contribution >= 4 is 61.5 Å². The molecule has 7 rings (SSSR count). The van der Waals surface area contributed by atoms with Gasteiger partial charge in [0.1, 0.15) is 5.84 Å². The largest absolute Gasteiger partial charge is 0.494 e. The van der Waals surface area contributed by atoms with E-state index in [-0.39, 0.29) is 0 Å². The SMILES string of the molecule is CC1(C)OB(c2ccc3sc4cccc(C5=NC=C(c6ccccc6)NC(c6ccccc6)=N5)c4c3c2)OC1(C)C. The summed E-state index contributed by atoms with van der Waals surface area (Å²) < 4.78 is 15.2. The first kappa shape index (κ1) is 25.9. The quantitative estimate of drug-likeness (QED) is 0.240. The second-order valence-electron chi connectivity index (χ2n) is 11.4. The number of aliphatic imine (C=N–C) groups is 2. The Balaban J connectivity index is 1.39. The Bertz CT molecular complexity index is 1860. The number of hydrogen-bond acceptors (Lipinski definition) is 6. The molecule has 0 aliphatic carbocycles. The third kappa shape index (κ3) is 4.60. The zero-order valence-corrected chi connectivity index (χ0v) is 24.3. The highest BCUT2D eigenvalue weighted by Crippen LogP contribution is 2.39. The lowest BCUT2D eigenvalue weighted by molar-refractivity contribution is 0.00578. The van der Waals surface area contributed by atoms with Crippen LogP contribution in [0.5, 0.6) is 0 Å². The van der Waals surface area contributed by atoms with E-state index < -0.39 is 18.3 Å². The maximum absolute atomic E-state index is 6.39. The van der Waals surface area contributed by atoms with E-state index >= 15 is 0 Å². The molecule has 5 aromatic rings. The summed E-state index contributed by atoms with van der Waals surface area (Å²) in [5, 5.41) is 5.84. The fourth-order valence-electron chi connectivity index (χ4n) is 5.23. The first-order valence-corrected chi connectivity index (χ1v) is 14.7. The fourth-order valence-corrected chi connectivity index (χ4v) is 6.34. The molecule has 5 nitrogen and oxygen atoms in total. The molecule has 2 aliphatic heterocycles. The molecule has 0 saturated carbocycles. The number of nitrogens with zero attached hydrogens (tertiary/aromatic N) is 2. The van der Waals surface area contributed by atoms with Crippen LogP contribution >= 0.6 is 11.3 Å². The van der Waals surface area contributed by atoms with Gasteiger partial charge in [-0.3, -0.25) is 0 Å². The topological polar surface area (TPSA) is 55.2 Å². The van der Waals surface area contributed by atoms with E-state index in [4.69, 9.17) is 19.3 Å². The summed E-state index contributed by atoms with van der Waals surface area (Å²) in [6.45, 7) is 8.34. The number of rotatable bonds is 4. The molecular formula is C34H30BN3O2S. The monoisotopic (exact) mass is 555 g/mol. The van der Waals surface area contributed by atoms with Crippen LogP contribution in [-0.4, -0.2) is 30.0 Å². The van der Waals surface area contributed by atoms with Gasteiger partial charge in [0.2, 0.25) is 0 Å². The number of hydrogen-bond donors (Lipinski definition) is 1. The molecule has 0 amide bonds. The van der Waals surface area contributed by atoms with Crippen molar-refractivity contribution in [2.24, 2.45) is 9.98 Å². The second kappa shape index (κ2) is 9.81. The van der Waals surface area contributed by atoms with Crippen LogP contribution in [0.15, 0.2) is 113 Å². The molecule has 0 radical (unpaired) electrons. The lowest BCUT2D eigenvalue weighted by atomic mass is 9.78. The molecule has 1 N–H and O–H groups in total. The molecule has 2 aliphatic rings. The molecule has 1 aromatic heterocycles. The normalized spacial score (nSPS) is 18.0. The molecule has 7 heteroatoms. The van der Waals surface area contributed by atoms with E-state index in [1.54, 1.807) is 11.3 Å². The average molecular weight is 556 g/mol. The smallest absolute Gasteiger partial charge is 0.399 e. The fraction of sp³-hybridized carbons (Fsp3) is 0.176. The standard InChI is InChI=1S/C34H30BN3O2S/c1-33(2)34(3,4)40-35(39-33)24-18-19-28-26(20-24)30-25(16-11-17-29(30)41-28)32-36-21-27(22-12-7-5-8-13-22)37-31(38-32)23-14-9-6-10-15-23/h5-21H,1-4H3,(H,36,37,38). The van der Waals surface area contributed by atoms with Gasteiger partial charge in [0.15, 0.2) is 5.84 Å². The van der Waals surface area contributed by atoms with E-state index in [0.29, 0.717) is 5.84 Å². The van der Waals surface area contributed by atoms with E-state index in [2.05, 4.69) is 93.7 Å². The van der Waals surface area contributed by atoms with E-state index in [1.807, 2.05) is 42.6 Å². The van der Waals surface area contributed by atoms with E-state index in [0.717, 1.165) is 44.5 Å². The molecule has 0 bridgehead atoms. The molecule has 1 saturated heterocycles. The van der Waals surface area contributed by atoms with Crippen molar-refractivity contribution < 1.29 is 9.31 Å². The van der Waals surface area contributed by atoms with E-state index in [9.17, 15) is 0 Å². The minimum absolute atomic E-state index is 0.401. The molecule has 3 heterocycles. The average Bonchev–Trinajstić information content (AvgIpc) is 3.34. The number of benzene rings is 4. The third-order valence-electron chi connectivity index (χ3n) is 8.20. The van der Waals surface area contributed by atoms with Crippen molar-refractivity contribution in [2.75, 3.05) is 0 Å². The highest BCUT2D eigenvalue weighted by molar-refractivity contribution is 7.25. The van der Waals surface area contributed by atoms with Gasteiger partial charge < -0.3 is 14.6 Å². The zero-order chi connectivity index (χ0) is 28.2. The summed E-state index contributed by atoms with van der Waals surface area (Å²) in [6.07, 6.45) is 1.88. The van der Waals surface area contributed by atoms with Crippen LogP contribution in [0.2, 0.25) is 0 Å². The molecule has 41 heavy (non-hydrogen) atoms. The van der Waals surface area contributed by atoms with Gasteiger partial charge in [-0.25, -0.2) is 9.98 Å². The van der Waals surface area contributed by atoms with Crippen LogP contribution < -0.4 is 10.8 Å². The predicted molar refractivity (Wildman–Crippen MR) is 172 cm³/mol. The van der Waals surface area contributed by atoms with Crippen molar-refractivity contribution in [1.29, 1.82) is 0 Å². The number of fused-ring (bicyclic) bond motifs is 3. The Morgan fingerprint density at radius 2 is 1.41 bits per heavy atom. The van der Waals surface area contributed by atoms with Gasteiger partial charge in [-0.15, -0.1) is 11.3 Å². The van der Waals surface area contributed by atoms with Gasteiger partial charge in [0.05, 0.1) is 23.1 Å². The van der Waals surface area contributed by atoms with Crippen molar-refractivity contribution in [3.63, 3.8) is 0 Å². The molecular weight excluding hydrogens is 525 g/mol. The van der Waals surface area contributed by atoms with Crippen molar-refractivity contribution in [1.82, 2.24) is 5.32 Å². The molecule has 0 unspecified atom stereocenters. The molecule has 0 spiro atoms. The van der Waals surface area contributed by atoms with Crippen LogP contribution in [0.3, 0.4) is 0 Å². The van der Waals surface area contributed by atoms with Crippen LogP contribution in [0, 0.1) is 0 Å². The molecule has 0 atom stereocenters. The number of nitrogens with one attached hydrogen (secondary N) is 1. The molecule has 1 fully saturated rings. The Morgan fingerprint density at radius 1 is 0.732 bits per heavy atom. The van der Waals surface area contributed by atoms with Crippen LogP contribution in [-0.2, 0) is 9.31 Å². The minimum atomic E-state index is -0.426. The van der Waals surface area contributed by atoms with Crippen molar-refractivity contribution in [2.45, 2.75) is 38.9 Å². The van der Waals surface area contributed by atoms with Crippen molar-refractivity contribution in [3.05, 3.63) is 120 Å². The first-order chi connectivity index (χ1) is 19.8. The Kier molecular flexibility index (Phi) is 6.19. The maximum Gasteiger partial charge on any atom is 0.494 e. The summed E-state index contributed by atoms with van der Waals surface area (Å²) >= 11 is 1.77. The number of amidine groups is 2. The summed E-state index contributed by atoms with van der Waals surface area (Å²) in [7, 11) is -0.426. The van der Waals surface area contributed by atoms with E-state index in [1.165, 1.54) is 9.40 Å². The van der Waals surface area contributed by atoms with Gasteiger partial charge in [-0.2, -0.15) is 0 Å². The van der Waals surface area contributed by atoms with Crippen LogP contribution in [0.25, 0.3) is 25.9 Å². The highest BCUT2D eigenvalue weighted by atomic mass is 32.1. The van der Waals surface area contributed by atoms with Crippen molar-refractivity contribution in [3.8, 4) is 0 Å². The second-order valence-corrected chi connectivity index (χ2v) is 12.5. The predicted octanol–water partition coefficient (Wildman–Crippen LogP) is 7.15. The lowest BCUT2D eigenvalue weighted by Gasteiger charge is -2.32. The summed E-state index contributed by atoms with van der Waals surface area (Å²) in [5.74, 6) is 1.42. The lowest BCUT2D eigenvalue weighted by Crippen LogP contribution is -2.41. The highest BCUT2D eigenvalue weighted by Gasteiger charge is 2.51. The third-order valence-corrected chi connectivity index (χ3v) is 9.34. The molecule has 202 valence electrons. The van der Waals surface area contributed by atoms with Gasteiger partial charge in [-0.05, 0) is 50.9 Å². The van der Waals surface area contributed by atoms with Gasteiger partial charge >= 0.3 is 7.12 Å². The van der Waals surface area contributed by atoms with Crippen LogP contribution in [0.1, 0.15) is 44.4 Å². The minimum Gasteiger partial charge on any atom is -0.399 e. The summed E-state index contributed by atoms with van der Waals surface area (Å²) in [5.41, 5.74) is 4.13. The van der Waals surface area contributed by atoms with Crippen LogP contribution in [0.4, 0.5) is 0 Å². The molecule has 4 aromatic carbocycles. The van der Waals surface area contributed by atoms with Gasteiger partial charge in [0, 0.05) is 31.3 Å². The zero-order valence-electron chi connectivity index (χ0n) is 23.5. The first-order valence-electron chi connectivity index (χ1n) is 13.8. The Morgan fingerprint density at radius 3 is 2.12 bits per heavy atom.